The Balaban J connectivity index is 4.28. The third-order valence-electron chi connectivity index (χ3n) is 12.9. The second-order valence-electron chi connectivity index (χ2n) is 19.5. The van der Waals surface area contributed by atoms with Crippen LogP contribution in [0.1, 0.15) is 310 Å². The molecular formula is C60H110O6. The molecule has 6 nitrogen and oxygen atoms in total. The van der Waals surface area contributed by atoms with E-state index >= 15 is 0 Å². The van der Waals surface area contributed by atoms with Gasteiger partial charge in [0, 0.05) is 19.3 Å². The van der Waals surface area contributed by atoms with Gasteiger partial charge in [-0.2, -0.15) is 0 Å². The lowest BCUT2D eigenvalue weighted by atomic mass is 10.0. The Morgan fingerprint density at radius 3 is 0.924 bits per heavy atom. The second-order valence-corrected chi connectivity index (χ2v) is 19.5. The molecule has 0 aromatic carbocycles. The Bertz CT molecular complexity index is 1110. The quantitative estimate of drug-likeness (QED) is 0.0262. The molecule has 6 heteroatoms. The lowest BCUT2D eigenvalue weighted by Crippen LogP contribution is -2.30. The number of rotatable bonds is 53. The molecule has 0 amide bonds. The van der Waals surface area contributed by atoms with Gasteiger partial charge in [0.25, 0.3) is 0 Å². The van der Waals surface area contributed by atoms with Gasteiger partial charge < -0.3 is 14.2 Å². The van der Waals surface area contributed by atoms with Gasteiger partial charge in [-0.15, -0.1) is 0 Å². The monoisotopic (exact) mass is 927 g/mol. The summed E-state index contributed by atoms with van der Waals surface area (Å²) in [6.45, 7) is 6.55. The maximum absolute atomic E-state index is 12.8. The van der Waals surface area contributed by atoms with E-state index in [1.165, 1.54) is 173 Å². The minimum Gasteiger partial charge on any atom is -0.462 e. The maximum Gasteiger partial charge on any atom is 0.306 e. The molecule has 386 valence electrons. The van der Waals surface area contributed by atoms with Gasteiger partial charge in [-0.05, 0) is 51.4 Å². The topological polar surface area (TPSA) is 78.9 Å². The normalized spacial score (nSPS) is 12.2. The summed E-state index contributed by atoms with van der Waals surface area (Å²) in [5.41, 5.74) is 0. The highest BCUT2D eigenvalue weighted by molar-refractivity contribution is 5.71. The summed E-state index contributed by atoms with van der Waals surface area (Å²) >= 11 is 0. The van der Waals surface area contributed by atoms with Gasteiger partial charge in [0.1, 0.15) is 13.2 Å². The van der Waals surface area contributed by atoms with E-state index in [2.05, 4.69) is 57.2 Å². The molecule has 0 aromatic rings. The van der Waals surface area contributed by atoms with Crippen LogP contribution in [0.15, 0.2) is 36.5 Å². The predicted molar refractivity (Wildman–Crippen MR) is 284 cm³/mol. The first-order valence-corrected chi connectivity index (χ1v) is 29.0. The lowest BCUT2D eigenvalue weighted by Gasteiger charge is -2.18. The molecule has 0 saturated carbocycles. The van der Waals surface area contributed by atoms with Crippen LogP contribution in [0, 0.1) is 0 Å². The molecule has 66 heavy (non-hydrogen) atoms. The van der Waals surface area contributed by atoms with Crippen LogP contribution in [0.3, 0.4) is 0 Å². The molecule has 0 aliphatic heterocycles. The first-order chi connectivity index (χ1) is 32.5. The molecule has 0 bridgehead atoms. The van der Waals surface area contributed by atoms with E-state index in [0.29, 0.717) is 19.3 Å². The van der Waals surface area contributed by atoms with Crippen LogP contribution in [0.4, 0.5) is 0 Å². The molecular weight excluding hydrogens is 817 g/mol. The van der Waals surface area contributed by atoms with E-state index in [4.69, 9.17) is 14.2 Å². The molecule has 0 aliphatic rings. The SMILES string of the molecule is CC/C=C\C/C=C\C/C=C\CCCCCCCC(=O)O[C@@H](COC(=O)CCCCCCCCCCCCCC)COC(=O)CCCCCCCCCCCCCCCCCCCCCCC. The highest BCUT2D eigenvalue weighted by atomic mass is 16.6. The molecule has 0 spiro atoms. The van der Waals surface area contributed by atoms with Crippen molar-refractivity contribution in [1.29, 1.82) is 0 Å². The molecule has 0 aromatic heterocycles. The average Bonchev–Trinajstić information content (AvgIpc) is 3.31. The average molecular weight is 928 g/mol. The van der Waals surface area contributed by atoms with Gasteiger partial charge in [0.2, 0.25) is 0 Å². The summed E-state index contributed by atoms with van der Waals surface area (Å²) in [5, 5.41) is 0. The van der Waals surface area contributed by atoms with Crippen LogP contribution in [-0.4, -0.2) is 37.2 Å². The predicted octanol–water partition coefficient (Wildman–Crippen LogP) is 19.3. The van der Waals surface area contributed by atoms with Crippen molar-refractivity contribution in [3.05, 3.63) is 36.5 Å². The van der Waals surface area contributed by atoms with Crippen molar-refractivity contribution in [1.82, 2.24) is 0 Å². The Morgan fingerprint density at radius 1 is 0.318 bits per heavy atom. The lowest BCUT2D eigenvalue weighted by molar-refractivity contribution is -0.167. The van der Waals surface area contributed by atoms with Crippen LogP contribution in [0.5, 0.6) is 0 Å². The first kappa shape index (κ1) is 63.6. The Hall–Kier alpha value is -2.37. The highest BCUT2D eigenvalue weighted by Crippen LogP contribution is 2.17. The zero-order chi connectivity index (χ0) is 47.9. The van der Waals surface area contributed by atoms with Crippen LogP contribution in [0.2, 0.25) is 0 Å². The van der Waals surface area contributed by atoms with E-state index in [-0.39, 0.29) is 31.1 Å². The summed E-state index contributed by atoms with van der Waals surface area (Å²) in [7, 11) is 0. The maximum atomic E-state index is 12.8. The van der Waals surface area contributed by atoms with E-state index in [1.807, 2.05) is 0 Å². The second kappa shape index (κ2) is 55.2. The number of hydrogen-bond donors (Lipinski definition) is 0. The number of allylic oxidation sites excluding steroid dienone is 6. The summed E-state index contributed by atoms with van der Waals surface area (Å²) < 4.78 is 16.9. The summed E-state index contributed by atoms with van der Waals surface area (Å²) in [6.07, 6.45) is 65.7. The van der Waals surface area contributed by atoms with E-state index in [0.717, 1.165) is 96.3 Å². The first-order valence-electron chi connectivity index (χ1n) is 29.0. The van der Waals surface area contributed by atoms with Crippen molar-refractivity contribution in [3.8, 4) is 0 Å². The number of carbonyl (C=O) groups is 3. The van der Waals surface area contributed by atoms with Gasteiger partial charge in [0.05, 0.1) is 0 Å². The Kier molecular flexibility index (Phi) is 53.2. The molecule has 0 aliphatic carbocycles. The molecule has 0 radical (unpaired) electrons. The number of ether oxygens (including phenoxy) is 3. The minimum absolute atomic E-state index is 0.0745. The smallest absolute Gasteiger partial charge is 0.306 e. The number of esters is 3. The van der Waals surface area contributed by atoms with Crippen molar-refractivity contribution in [2.45, 2.75) is 316 Å². The van der Waals surface area contributed by atoms with Gasteiger partial charge in [-0.3, -0.25) is 14.4 Å². The van der Waals surface area contributed by atoms with Crippen LogP contribution in [-0.2, 0) is 28.6 Å². The van der Waals surface area contributed by atoms with E-state index in [1.54, 1.807) is 0 Å². The van der Waals surface area contributed by atoms with E-state index < -0.39 is 6.10 Å². The van der Waals surface area contributed by atoms with Gasteiger partial charge in [-0.25, -0.2) is 0 Å². The number of carbonyl (C=O) groups excluding carboxylic acids is 3. The summed E-state index contributed by atoms with van der Waals surface area (Å²) in [4.78, 5) is 38.1. The van der Waals surface area contributed by atoms with Gasteiger partial charge in [-0.1, -0.05) is 276 Å². The van der Waals surface area contributed by atoms with Crippen molar-refractivity contribution in [2.75, 3.05) is 13.2 Å². The third-order valence-corrected chi connectivity index (χ3v) is 12.9. The zero-order valence-corrected chi connectivity index (χ0v) is 44.2. The van der Waals surface area contributed by atoms with Crippen LogP contribution >= 0.6 is 0 Å². The number of unbranched alkanes of at least 4 members (excludes halogenated alkanes) is 36. The fourth-order valence-electron chi connectivity index (χ4n) is 8.58. The van der Waals surface area contributed by atoms with Gasteiger partial charge in [0.15, 0.2) is 6.10 Å². The molecule has 0 unspecified atom stereocenters. The fraction of sp³-hybridized carbons (Fsp3) is 0.850. The standard InChI is InChI=1S/C60H110O6/c1-4-7-10-13-16-19-22-25-27-28-29-30-31-32-34-35-38-41-44-47-50-53-59(62)65-56-57(55-64-58(61)52-49-46-43-40-37-24-21-18-15-12-9-6-3)66-60(63)54-51-48-45-42-39-36-33-26-23-20-17-14-11-8-5-2/h8,11,17,20,26,33,57H,4-7,9-10,12-16,18-19,21-25,27-32,34-56H2,1-3H3/b11-8-,20-17-,33-26-/t57-/m0/s1. The zero-order valence-electron chi connectivity index (χ0n) is 44.2. The van der Waals surface area contributed by atoms with Crippen molar-refractivity contribution in [3.63, 3.8) is 0 Å². The fourth-order valence-corrected chi connectivity index (χ4v) is 8.58. The molecule has 0 rings (SSSR count). The molecule has 0 heterocycles. The van der Waals surface area contributed by atoms with E-state index in [9.17, 15) is 14.4 Å². The Labute approximate surface area is 410 Å². The molecule has 1 atom stereocenters. The third kappa shape index (κ3) is 52.6. The van der Waals surface area contributed by atoms with Crippen molar-refractivity contribution >= 4 is 17.9 Å². The van der Waals surface area contributed by atoms with Crippen molar-refractivity contribution < 1.29 is 28.6 Å². The summed E-state index contributed by atoms with van der Waals surface area (Å²) in [5.74, 6) is -0.874. The minimum atomic E-state index is -0.776. The van der Waals surface area contributed by atoms with Crippen LogP contribution in [0.25, 0.3) is 0 Å². The summed E-state index contributed by atoms with van der Waals surface area (Å²) in [6, 6.07) is 0. The van der Waals surface area contributed by atoms with Crippen molar-refractivity contribution in [2.24, 2.45) is 0 Å². The van der Waals surface area contributed by atoms with Gasteiger partial charge >= 0.3 is 17.9 Å². The molecule has 0 fully saturated rings. The van der Waals surface area contributed by atoms with Crippen LogP contribution < -0.4 is 0 Å². The molecule has 0 saturated heterocycles. The highest BCUT2D eigenvalue weighted by Gasteiger charge is 2.19. The largest absolute Gasteiger partial charge is 0.462 e. The Morgan fingerprint density at radius 2 is 0.591 bits per heavy atom. The number of hydrogen-bond acceptors (Lipinski definition) is 6. The molecule has 0 N–H and O–H groups in total.